The second-order valence-electron chi connectivity index (χ2n) is 2.39. The summed E-state index contributed by atoms with van der Waals surface area (Å²) in [5.74, 6) is -0.928. The van der Waals surface area contributed by atoms with E-state index in [4.69, 9.17) is 10.2 Å². The molecule has 0 radical (unpaired) electrons. The summed E-state index contributed by atoms with van der Waals surface area (Å²) in [6.45, 7) is 0. The van der Waals surface area contributed by atoms with E-state index in [0.29, 0.717) is 5.56 Å². The van der Waals surface area contributed by atoms with E-state index in [1.165, 1.54) is 18.2 Å². The highest BCUT2D eigenvalue weighted by Gasteiger charge is 2.01. The molecule has 3 nitrogen and oxygen atoms in total. The van der Waals surface area contributed by atoms with Crippen LogP contribution in [0.1, 0.15) is 5.56 Å². The third-order valence-corrected chi connectivity index (χ3v) is 1.94. The molecule has 13 heavy (non-hydrogen) atoms. The number of benzene rings is 1. The van der Waals surface area contributed by atoms with Crippen molar-refractivity contribution in [2.75, 3.05) is 0 Å². The molecular formula is C9H7BrO3. The predicted molar refractivity (Wildman–Crippen MR) is 52.6 cm³/mol. The molecule has 4 heteroatoms. The Kier molecular flexibility index (Phi) is 3.08. The molecule has 0 aromatic heterocycles. The number of phenolic OH excluding ortho intramolecular Hbond substituents is 1. The number of hydrogen-bond acceptors (Lipinski definition) is 2. The van der Waals surface area contributed by atoms with Crippen molar-refractivity contribution in [3.63, 3.8) is 0 Å². The van der Waals surface area contributed by atoms with Crippen LogP contribution in [0.2, 0.25) is 0 Å². The van der Waals surface area contributed by atoms with Gasteiger partial charge in [-0.15, -0.1) is 0 Å². The number of rotatable bonds is 2. The molecule has 0 aliphatic carbocycles. The maximum Gasteiger partial charge on any atom is 0.342 e. The van der Waals surface area contributed by atoms with E-state index in [1.807, 2.05) is 0 Å². The predicted octanol–water partition coefficient (Wildman–Crippen LogP) is 2.21. The number of halogens is 1. The van der Waals surface area contributed by atoms with Gasteiger partial charge in [0.25, 0.3) is 0 Å². The highest BCUT2D eigenvalue weighted by molar-refractivity contribution is 9.12. The summed E-state index contributed by atoms with van der Waals surface area (Å²) in [6.07, 6.45) is 1.42. The SMILES string of the molecule is O=C(O)C(Br)=Cc1cccc(O)c1. The van der Waals surface area contributed by atoms with Crippen molar-refractivity contribution in [1.29, 1.82) is 0 Å². The van der Waals surface area contributed by atoms with Crippen LogP contribution in [0.4, 0.5) is 0 Å². The lowest BCUT2D eigenvalue weighted by molar-refractivity contribution is -0.131. The van der Waals surface area contributed by atoms with Gasteiger partial charge in [-0.25, -0.2) is 4.79 Å². The molecule has 0 bridgehead atoms. The minimum Gasteiger partial charge on any atom is -0.508 e. The number of carboxylic acids is 1. The van der Waals surface area contributed by atoms with Gasteiger partial charge in [-0.2, -0.15) is 0 Å². The Hall–Kier alpha value is -1.29. The summed E-state index contributed by atoms with van der Waals surface area (Å²) in [4.78, 5) is 10.4. The van der Waals surface area contributed by atoms with Gasteiger partial charge >= 0.3 is 5.97 Å². The van der Waals surface area contributed by atoms with Crippen LogP contribution in [0.25, 0.3) is 6.08 Å². The molecule has 0 saturated carbocycles. The van der Waals surface area contributed by atoms with Crippen LogP contribution < -0.4 is 0 Å². The number of aromatic hydroxyl groups is 1. The van der Waals surface area contributed by atoms with Gasteiger partial charge < -0.3 is 10.2 Å². The number of aliphatic carboxylic acids is 1. The Morgan fingerprint density at radius 1 is 1.46 bits per heavy atom. The first-order chi connectivity index (χ1) is 6.09. The van der Waals surface area contributed by atoms with Crippen LogP contribution in [0.15, 0.2) is 28.7 Å². The standard InChI is InChI=1S/C9H7BrO3/c10-8(9(12)13)5-6-2-1-3-7(11)4-6/h1-5,11H,(H,12,13). The molecule has 0 heterocycles. The van der Waals surface area contributed by atoms with Gasteiger partial charge in [0.15, 0.2) is 0 Å². The van der Waals surface area contributed by atoms with E-state index >= 15 is 0 Å². The Morgan fingerprint density at radius 3 is 2.69 bits per heavy atom. The lowest BCUT2D eigenvalue weighted by atomic mass is 10.2. The Labute approximate surface area is 83.5 Å². The minimum absolute atomic E-state index is 0.0538. The van der Waals surface area contributed by atoms with Gasteiger partial charge in [0.2, 0.25) is 0 Å². The van der Waals surface area contributed by atoms with Gasteiger partial charge in [0, 0.05) is 0 Å². The van der Waals surface area contributed by atoms with Crippen LogP contribution in [-0.4, -0.2) is 16.2 Å². The van der Waals surface area contributed by atoms with Crippen molar-refractivity contribution in [3.05, 3.63) is 34.3 Å². The Balaban J connectivity index is 2.97. The number of hydrogen-bond donors (Lipinski definition) is 2. The van der Waals surface area contributed by atoms with Crippen LogP contribution in [0.5, 0.6) is 5.75 Å². The van der Waals surface area contributed by atoms with E-state index < -0.39 is 5.97 Å². The molecule has 1 aromatic carbocycles. The molecule has 0 spiro atoms. The lowest BCUT2D eigenvalue weighted by Crippen LogP contribution is -1.92. The molecule has 0 amide bonds. The molecule has 0 fully saturated rings. The normalized spacial score (nSPS) is 11.3. The van der Waals surface area contributed by atoms with Crippen molar-refractivity contribution in [1.82, 2.24) is 0 Å². The molecule has 68 valence electrons. The fourth-order valence-electron chi connectivity index (χ4n) is 0.823. The van der Waals surface area contributed by atoms with Crippen LogP contribution in [-0.2, 0) is 4.79 Å². The zero-order valence-corrected chi connectivity index (χ0v) is 8.15. The average Bonchev–Trinajstić information content (AvgIpc) is 2.04. The second kappa shape index (κ2) is 4.09. The highest BCUT2D eigenvalue weighted by atomic mass is 79.9. The molecule has 1 aromatic rings. The smallest absolute Gasteiger partial charge is 0.342 e. The first-order valence-corrected chi connectivity index (χ1v) is 4.28. The average molecular weight is 243 g/mol. The first kappa shape index (κ1) is 9.80. The molecule has 0 aliphatic heterocycles. The van der Waals surface area contributed by atoms with E-state index in [1.54, 1.807) is 12.1 Å². The fourth-order valence-corrected chi connectivity index (χ4v) is 1.09. The second-order valence-corrected chi connectivity index (χ2v) is 3.25. The van der Waals surface area contributed by atoms with Crippen molar-refractivity contribution >= 4 is 28.0 Å². The highest BCUT2D eigenvalue weighted by Crippen LogP contribution is 2.16. The number of carbonyl (C=O) groups is 1. The third kappa shape index (κ3) is 2.91. The van der Waals surface area contributed by atoms with Gasteiger partial charge in [-0.1, -0.05) is 12.1 Å². The summed E-state index contributed by atoms with van der Waals surface area (Å²) in [5, 5.41) is 17.6. The number of phenols is 1. The molecule has 2 N–H and O–H groups in total. The largest absolute Gasteiger partial charge is 0.508 e. The van der Waals surface area contributed by atoms with E-state index in [-0.39, 0.29) is 10.2 Å². The van der Waals surface area contributed by atoms with E-state index in [2.05, 4.69) is 15.9 Å². The maximum atomic E-state index is 10.4. The van der Waals surface area contributed by atoms with Crippen LogP contribution in [0, 0.1) is 0 Å². The van der Waals surface area contributed by atoms with Crippen LogP contribution >= 0.6 is 15.9 Å². The zero-order chi connectivity index (χ0) is 9.84. The summed E-state index contributed by atoms with van der Waals surface area (Å²) < 4.78 is 0.0538. The summed E-state index contributed by atoms with van der Waals surface area (Å²) >= 11 is 2.88. The fraction of sp³-hybridized carbons (Fsp3) is 0. The van der Waals surface area contributed by atoms with E-state index in [0.717, 1.165) is 0 Å². The van der Waals surface area contributed by atoms with Crippen molar-refractivity contribution in [2.24, 2.45) is 0 Å². The topological polar surface area (TPSA) is 57.5 Å². The van der Waals surface area contributed by atoms with E-state index in [9.17, 15) is 4.79 Å². The summed E-state index contributed by atoms with van der Waals surface area (Å²) in [7, 11) is 0. The minimum atomic E-state index is -1.04. The molecule has 1 rings (SSSR count). The zero-order valence-electron chi connectivity index (χ0n) is 6.57. The number of carboxylic acid groups (broad SMARTS) is 1. The van der Waals surface area contributed by atoms with Gasteiger partial charge in [-0.3, -0.25) is 0 Å². The van der Waals surface area contributed by atoms with Gasteiger partial charge in [0.1, 0.15) is 10.2 Å². The van der Waals surface area contributed by atoms with Gasteiger partial charge in [0.05, 0.1) is 0 Å². The third-order valence-electron chi connectivity index (χ3n) is 1.37. The molecule has 0 aliphatic rings. The monoisotopic (exact) mass is 242 g/mol. The Bertz CT molecular complexity index is 358. The Morgan fingerprint density at radius 2 is 2.15 bits per heavy atom. The molecule has 0 saturated heterocycles. The maximum absolute atomic E-state index is 10.4. The van der Waals surface area contributed by atoms with Crippen molar-refractivity contribution in [3.8, 4) is 5.75 Å². The molecule has 0 atom stereocenters. The molecule has 0 unspecified atom stereocenters. The van der Waals surface area contributed by atoms with Crippen molar-refractivity contribution < 1.29 is 15.0 Å². The van der Waals surface area contributed by atoms with Gasteiger partial charge in [-0.05, 0) is 39.7 Å². The van der Waals surface area contributed by atoms with Crippen LogP contribution in [0.3, 0.4) is 0 Å². The summed E-state index contributed by atoms with van der Waals surface area (Å²) in [5.41, 5.74) is 0.634. The first-order valence-electron chi connectivity index (χ1n) is 3.49. The molecular weight excluding hydrogens is 236 g/mol. The quantitative estimate of drug-likeness (QED) is 0.783. The lowest BCUT2D eigenvalue weighted by Gasteiger charge is -1.95. The van der Waals surface area contributed by atoms with Crippen molar-refractivity contribution in [2.45, 2.75) is 0 Å². The summed E-state index contributed by atoms with van der Waals surface area (Å²) in [6, 6.07) is 6.34.